The van der Waals surface area contributed by atoms with E-state index in [1.54, 1.807) is 0 Å². The van der Waals surface area contributed by atoms with E-state index in [4.69, 9.17) is 0 Å². The maximum atomic E-state index is 4.54. The highest BCUT2D eigenvalue weighted by Gasteiger charge is 2.29. The van der Waals surface area contributed by atoms with Gasteiger partial charge in [0.05, 0.1) is 4.47 Å². The first-order chi connectivity index (χ1) is 9.24. The average Bonchev–Trinajstić information content (AvgIpc) is 2.93. The fourth-order valence-electron chi connectivity index (χ4n) is 3.27. The van der Waals surface area contributed by atoms with Crippen LogP contribution in [-0.2, 0) is 0 Å². The fourth-order valence-corrected chi connectivity index (χ4v) is 4.51. The highest BCUT2D eigenvalue weighted by Crippen LogP contribution is 2.32. The molecule has 2 fully saturated rings. The summed E-state index contributed by atoms with van der Waals surface area (Å²) in [6.45, 7) is 3.46. The minimum Gasteiger partial charge on any atom is -0.356 e. The summed E-state index contributed by atoms with van der Waals surface area (Å²) in [6.07, 6.45) is 7.16. The smallest absolute Gasteiger partial charge is 0.142 e. The van der Waals surface area contributed by atoms with Gasteiger partial charge < -0.3 is 10.2 Å². The molecule has 3 nitrogen and oxygen atoms in total. The van der Waals surface area contributed by atoms with Crippen molar-refractivity contribution in [3.63, 3.8) is 0 Å². The molecule has 0 aromatic carbocycles. The molecule has 5 heteroatoms. The Bertz CT molecular complexity index is 438. The van der Waals surface area contributed by atoms with E-state index in [2.05, 4.69) is 53.1 Å². The summed E-state index contributed by atoms with van der Waals surface area (Å²) >= 11 is 7.07. The molecule has 0 bridgehead atoms. The van der Waals surface area contributed by atoms with Crippen LogP contribution in [0.2, 0.25) is 0 Å². The van der Waals surface area contributed by atoms with Crippen LogP contribution in [0.1, 0.15) is 25.7 Å². The van der Waals surface area contributed by atoms with E-state index >= 15 is 0 Å². The Morgan fingerprint density at radius 3 is 2.63 bits per heavy atom. The highest BCUT2D eigenvalue weighted by molar-refractivity contribution is 9.11. The third kappa shape index (κ3) is 3.14. The first-order valence-electron chi connectivity index (χ1n) is 7.03. The molecule has 0 spiro atoms. The van der Waals surface area contributed by atoms with Crippen molar-refractivity contribution in [1.29, 1.82) is 0 Å². The summed E-state index contributed by atoms with van der Waals surface area (Å²) < 4.78 is 2.10. The third-order valence-electron chi connectivity index (χ3n) is 4.30. The molecule has 2 saturated heterocycles. The maximum Gasteiger partial charge on any atom is 0.142 e. The highest BCUT2D eigenvalue weighted by atomic mass is 79.9. The molecule has 3 heterocycles. The van der Waals surface area contributed by atoms with Crippen molar-refractivity contribution in [2.45, 2.75) is 31.7 Å². The summed E-state index contributed by atoms with van der Waals surface area (Å²) in [5, 5.41) is 3.65. The number of nitrogens with one attached hydrogen (secondary N) is 1. The number of hydrogen-bond donors (Lipinski definition) is 1. The first-order valence-corrected chi connectivity index (χ1v) is 8.62. The Morgan fingerprint density at radius 1 is 1.21 bits per heavy atom. The molecule has 104 valence electrons. The van der Waals surface area contributed by atoms with Gasteiger partial charge >= 0.3 is 0 Å². The molecule has 2 aliphatic rings. The molecule has 0 aliphatic carbocycles. The summed E-state index contributed by atoms with van der Waals surface area (Å²) in [6, 6.07) is 2.84. The number of pyridine rings is 1. The molecule has 1 aromatic heterocycles. The van der Waals surface area contributed by atoms with Crippen molar-refractivity contribution in [1.82, 2.24) is 10.3 Å². The lowest BCUT2D eigenvalue weighted by Crippen LogP contribution is -2.41. The second-order valence-corrected chi connectivity index (χ2v) is 7.26. The summed E-state index contributed by atoms with van der Waals surface area (Å²) in [5.74, 6) is 1.94. The zero-order valence-corrected chi connectivity index (χ0v) is 14.1. The lowest BCUT2D eigenvalue weighted by atomic mass is 9.88. The van der Waals surface area contributed by atoms with Crippen LogP contribution in [0.5, 0.6) is 0 Å². The Balaban J connectivity index is 1.63. The van der Waals surface area contributed by atoms with Crippen molar-refractivity contribution in [3.05, 3.63) is 21.2 Å². The topological polar surface area (TPSA) is 28.2 Å². The summed E-state index contributed by atoms with van der Waals surface area (Å²) in [7, 11) is 0. The van der Waals surface area contributed by atoms with Crippen molar-refractivity contribution in [2.75, 3.05) is 24.5 Å². The van der Waals surface area contributed by atoms with Gasteiger partial charge in [-0.3, -0.25) is 0 Å². The zero-order valence-electron chi connectivity index (χ0n) is 10.9. The van der Waals surface area contributed by atoms with E-state index < -0.39 is 0 Å². The molecule has 1 unspecified atom stereocenters. The van der Waals surface area contributed by atoms with Gasteiger partial charge in [-0.1, -0.05) is 0 Å². The predicted molar refractivity (Wildman–Crippen MR) is 85.6 cm³/mol. The number of hydrogen-bond acceptors (Lipinski definition) is 3. The van der Waals surface area contributed by atoms with E-state index in [9.17, 15) is 0 Å². The van der Waals surface area contributed by atoms with Gasteiger partial charge in [0.2, 0.25) is 0 Å². The molecule has 1 N–H and O–H groups in total. The second-order valence-electron chi connectivity index (χ2n) is 5.49. The summed E-state index contributed by atoms with van der Waals surface area (Å²) in [5.41, 5.74) is 0. The van der Waals surface area contributed by atoms with Crippen LogP contribution in [0.25, 0.3) is 0 Å². The van der Waals surface area contributed by atoms with Crippen LogP contribution < -0.4 is 10.2 Å². The SMILES string of the molecule is Brc1cnc(N2CCC(C3CCCN3)CC2)c(Br)c1. The number of halogens is 2. The zero-order chi connectivity index (χ0) is 13.2. The number of rotatable bonds is 2. The number of nitrogens with zero attached hydrogens (tertiary/aromatic N) is 2. The number of aromatic nitrogens is 1. The Labute approximate surface area is 131 Å². The van der Waals surface area contributed by atoms with Gasteiger partial charge in [-0.25, -0.2) is 4.98 Å². The van der Waals surface area contributed by atoms with E-state index in [0.29, 0.717) is 0 Å². The monoisotopic (exact) mass is 387 g/mol. The minimum absolute atomic E-state index is 0.767. The largest absolute Gasteiger partial charge is 0.356 e. The van der Waals surface area contributed by atoms with Crippen LogP contribution in [0, 0.1) is 5.92 Å². The van der Waals surface area contributed by atoms with Gasteiger partial charge in [0.15, 0.2) is 0 Å². The third-order valence-corrected chi connectivity index (χ3v) is 5.31. The van der Waals surface area contributed by atoms with Gasteiger partial charge in [-0.05, 0) is 76.1 Å². The molecule has 0 saturated carbocycles. The minimum atomic E-state index is 0.767. The lowest BCUT2D eigenvalue weighted by molar-refractivity contribution is 0.318. The Morgan fingerprint density at radius 2 is 2.00 bits per heavy atom. The van der Waals surface area contributed by atoms with E-state index in [0.717, 1.165) is 39.8 Å². The molecule has 1 atom stereocenters. The van der Waals surface area contributed by atoms with Crippen molar-refractivity contribution >= 4 is 37.7 Å². The molecule has 19 heavy (non-hydrogen) atoms. The van der Waals surface area contributed by atoms with Crippen LogP contribution in [-0.4, -0.2) is 30.7 Å². The van der Waals surface area contributed by atoms with E-state index in [1.165, 1.54) is 32.2 Å². The van der Waals surface area contributed by atoms with Gasteiger partial charge in [0.1, 0.15) is 5.82 Å². The number of anilines is 1. The first kappa shape index (κ1) is 13.8. The fraction of sp³-hybridized carbons (Fsp3) is 0.643. The van der Waals surface area contributed by atoms with Crippen LogP contribution in [0.15, 0.2) is 21.2 Å². The molecule has 0 radical (unpaired) electrons. The second kappa shape index (κ2) is 6.10. The molecular formula is C14H19Br2N3. The standard InChI is InChI=1S/C14H19Br2N3/c15-11-8-12(16)14(18-9-11)19-6-3-10(4-7-19)13-2-1-5-17-13/h8-10,13,17H,1-7H2. The molecule has 0 amide bonds. The van der Waals surface area contributed by atoms with Gasteiger partial charge in [-0.2, -0.15) is 0 Å². The molecular weight excluding hydrogens is 370 g/mol. The molecule has 3 rings (SSSR count). The maximum absolute atomic E-state index is 4.54. The van der Waals surface area contributed by atoms with Crippen LogP contribution in [0.3, 0.4) is 0 Å². The van der Waals surface area contributed by atoms with Crippen LogP contribution in [0.4, 0.5) is 5.82 Å². The van der Waals surface area contributed by atoms with Crippen LogP contribution >= 0.6 is 31.9 Å². The van der Waals surface area contributed by atoms with E-state index in [-0.39, 0.29) is 0 Å². The Kier molecular flexibility index (Phi) is 4.44. The van der Waals surface area contributed by atoms with Gasteiger partial charge in [-0.15, -0.1) is 0 Å². The summed E-state index contributed by atoms with van der Waals surface area (Å²) in [4.78, 5) is 6.95. The van der Waals surface area contributed by atoms with Gasteiger partial charge in [0, 0.05) is 29.8 Å². The van der Waals surface area contributed by atoms with Crippen molar-refractivity contribution in [3.8, 4) is 0 Å². The van der Waals surface area contributed by atoms with Gasteiger partial charge in [0.25, 0.3) is 0 Å². The normalized spacial score (nSPS) is 24.9. The Hall–Kier alpha value is -0.130. The quantitative estimate of drug-likeness (QED) is 0.839. The van der Waals surface area contributed by atoms with Crippen molar-refractivity contribution in [2.24, 2.45) is 5.92 Å². The lowest BCUT2D eigenvalue weighted by Gasteiger charge is -2.36. The number of piperidine rings is 1. The molecule has 2 aliphatic heterocycles. The van der Waals surface area contributed by atoms with Crippen molar-refractivity contribution < 1.29 is 0 Å². The molecule has 1 aromatic rings. The van der Waals surface area contributed by atoms with E-state index in [1.807, 2.05) is 6.20 Å². The predicted octanol–water partition coefficient (Wildman–Crippen LogP) is 3.58. The average molecular weight is 389 g/mol.